The molecule has 0 spiro atoms. The first-order chi connectivity index (χ1) is 23.2. The second-order valence-electron chi connectivity index (χ2n) is 19.3. The minimum absolute atomic E-state index is 0.0274. The molecule has 1 heterocycles. The highest BCUT2D eigenvalue weighted by atomic mass is 16.6. The molecule has 0 amide bonds. The van der Waals surface area contributed by atoms with E-state index in [2.05, 4.69) is 48.5 Å². The maximum absolute atomic E-state index is 13.1. The van der Waals surface area contributed by atoms with E-state index in [1.165, 1.54) is 12.8 Å². The van der Waals surface area contributed by atoms with E-state index in [1.807, 2.05) is 13.8 Å². The smallest absolute Gasteiger partial charge is 0.317 e. The first-order valence-electron chi connectivity index (χ1n) is 20.2. The quantitative estimate of drug-likeness (QED) is 0.0931. The van der Waals surface area contributed by atoms with Crippen LogP contribution in [0.4, 0.5) is 0 Å². The zero-order valence-electron chi connectivity index (χ0n) is 33.2. The summed E-state index contributed by atoms with van der Waals surface area (Å²) in [5.74, 6) is -0.136. The number of esters is 3. The molecular weight excluding hydrogens is 632 g/mol. The van der Waals surface area contributed by atoms with Gasteiger partial charge in [-0.25, -0.2) is 0 Å². The Kier molecular flexibility index (Phi) is 11.3. The van der Waals surface area contributed by atoms with Crippen molar-refractivity contribution >= 4 is 17.9 Å². The highest BCUT2D eigenvalue weighted by Crippen LogP contribution is 2.76. The van der Waals surface area contributed by atoms with Gasteiger partial charge < -0.3 is 24.1 Å². The molecule has 50 heavy (non-hydrogen) atoms. The van der Waals surface area contributed by atoms with Crippen LogP contribution in [-0.4, -0.2) is 59.1 Å². The number of hydrogen-bond donors (Lipinski definition) is 1. The maximum Gasteiger partial charge on any atom is 0.317 e. The summed E-state index contributed by atoms with van der Waals surface area (Å²) >= 11 is 0. The van der Waals surface area contributed by atoms with Crippen molar-refractivity contribution in [2.24, 2.45) is 45.3 Å². The number of rotatable bonds is 12. The first kappa shape index (κ1) is 39.5. The fourth-order valence-electron chi connectivity index (χ4n) is 12.8. The summed E-state index contributed by atoms with van der Waals surface area (Å²) in [4.78, 5) is 38.3. The average Bonchev–Trinajstić information content (AvgIpc) is 3.60. The lowest BCUT2D eigenvalue weighted by molar-refractivity contribution is -0.254. The summed E-state index contributed by atoms with van der Waals surface area (Å²) < 4.78 is 24.7. The van der Waals surface area contributed by atoms with Gasteiger partial charge in [0, 0.05) is 18.3 Å². The number of carbonyl (C=O) groups is 3. The molecule has 8 nitrogen and oxygen atoms in total. The standard InChI is InChI=1S/C42H70O8/c1-11-12-13-14-15-24-47-34(44)26-35(45)49-32-18-20-39(7)30(37(32,3)4)17-22-40(8)31(39)25-29(48-27(2)43)36-28(16-21-41(36,40)9)42(10)23-19-33(50-42)38(5,6)46/h28-33,36,46H,11-26H2,1-10H3/t28-,29+,30-,31+,32+,33+,36-,39-,40+,41+,42-/m0/s1. The topological polar surface area (TPSA) is 108 Å². The van der Waals surface area contributed by atoms with Gasteiger partial charge in [-0.2, -0.15) is 0 Å². The van der Waals surface area contributed by atoms with Crippen LogP contribution in [-0.2, 0) is 33.3 Å². The first-order valence-corrected chi connectivity index (χ1v) is 20.2. The Labute approximate surface area is 302 Å². The number of carbonyl (C=O) groups excluding carboxylic acids is 3. The van der Waals surface area contributed by atoms with E-state index in [-0.39, 0.29) is 69.8 Å². The predicted molar refractivity (Wildman–Crippen MR) is 193 cm³/mol. The minimum Gasteiger partial charge on any atom is -0.465 e. The average molecular weight is 703 g/mol. The number of aliphatic hydroxyl groups is 1. The molecule has 11 atom stereocenters. The van der Waals surface area contributed by atoms with Gasteiger partial charge in [0.05, 0.1) is 23.9 Å². The molecule has 0 aromatic rings. The highest BCUT2D eigenvalue weighted by molar-refractivity contribution is 5.91. The van der Waals surface area contributed by atoms with Crippen LogP contribution in [0.2, 0.25) is 0 Å². The molecule has 0 radical (unpaired) electrons. The number of fused-ring (bicyclic) bond motifs is 5. The minimum atomic E-state index is -0.900. The summed E-state index contributed by atoms with van der Waals surface area (Å²) in [6.07, 6.45) is 12.8. The van der Waals surface area contributed by atoms with E-state index in [9.17, 15) is 19.5 Å². The molecule has 1 aliphatic heterocycles. The molecule has 0 aromatic heterocycles. The van der Waals surface area contributed by atoms with Crippen molar-refractivity contribution in [2.45, 2.75) is 195 Å². The predicted octanol–water partition coefficient (Wildman–Crippen LogP) is 8.74. The molecule has 5 aliphatic rings. The summed E-state index contributed by atoms with van der Waals surface area (Å²) in [6.45, 7) is 22.0. The Hall–Kier alpha value is -1.67. The summed E-state index contributed by atoms with van der Waals surface area (Å²) in [6, 6.07) is 0. The van der Waals surface area contributed by atoms with Crippen LogP contribution < -0.4 is 0 Å². The van der Waals surface area contributed by atoms with Gasteiger partial charge in [-0.1, -0.05) is 67.2 Å². The lowest BCUT2D eigenvalue weighted by atomic mass is 9.35. The molecular formula is C42H70O8. The van der Waals surface area contributed by atoms with E-state index in [1.54, 1.807) is 6.92 Å². The van der Waals surface area contributed by atoms with E-state index in [0.717, 1.165) is 77.0 Å². The molecule has 286 valence electrons. The van der Waals surface area contributed by atoms with Crippen LogP contribution in [0.3, 0.4) is 0 Å². The van der Waals surface area contributed by atoms with E-state index >= 15 is 0 Å². The molecule has 0 bridgehead atoms. The van der Waals surface area contributed by atoms with Crippen molar-refractivity contribution in [1.29, 1.82) is 0 Å². The molecule has 8 heteroatoms. The van der Waals surface area contributed by atoms with Crippen molar-refractivity contribution in [3.8, 4) is 0 Å². The van der Waals surface area contributed by atoms with Crippen LogP contribution in [0.25, 0.3) is 0 Å². The molecule has 5 rings (SSSR count). The van der Waals surface area contributed by atoms with Gasteiger partial charge in [0.1, 0.15) is 18.6 Å². The van der Waals surface area contributed by atoms with Gasteiger partial charge in [0.2, 0.25) is 0 Å². The SMILES string of the molecule is CCCCCCCOC(=O)CC(=O)O[C@@H]1CC[C@]2(C)[C@H]3C[C@@H](OC(C)=O)[C@@H]4[C@@H]([C@]5(C)CC[C@H](C(C)(C)O)O5)CC[C@@]4(C)[C@]3(C)CC[C@H]2C1(C)C. The monoisotopic (exact) mass is 703 g/mol. The third kappa shape index (κ3) is 7.03. The molecule has 4 saturated carbocycles. The van der Waals surface area contributed by atoms with Crippen LogP contribution in [0, 0.1) is 45.3 Å². The molecule has 5 fully saturated rings. The molecule has 0 unspecified atom stereocenters. The largest absolute Gasteiger partial charge is 0.465 e. The summed E-state index contributed by atoms with van der Waals surface area (Å²) in [5, 5.41) is 10.8. The van der Waals surface area contributed by atoms with Crippen LogP contribution >= 0.6 is 0 Å². The van der Waals surface area contributed by atoms with Crippen LogP contribution in [0.1, 0.15) is 166 Å². The zero-order chi connectivity index (χ0) is 36.9. The highest BCUT2D eigenvalue weighted by Gasteiger charge is 2.72. The van der Waals surface area contributed by atoms with Crippen molar-refractivity contribution in [1.82, 2.24) is 0 Å². The molecule has 1 saturated heterocycles. The van der Waals surface area contributed by atoms with Gasteiger partial charge >= 0.3 is 17.9 Å². The Bertz CT molecular complexity index is 1250. The molecule has 1 N–H and O–H groups in total. The van der Waals surface area contributed by atoms with Crippen molar-refractivity contribution < 1.29 is 38.4 Å². The lowest BCUT2D eigenvalue weighted by Crippen LogP contribution is -2.67. The third-order valence-corrected chi connectivity index (χ3v) is 15.6. The van der Waals surface area contributed by atoms with Gasteiger partial charge in [0.25, 0.3) is 0 Å². The van der Waals surface area contributed by atoms with E-state index in [4.69, 9.17) is 18.9 Å². The van der Waals surface area contributed by atoms with Crippen molar-refractivity contribution in [3.05, 3.63) is 0 Å². The van der Waals surface area contributed by atoms with Crippen molar-refractivity contribution in [3.63, 3.8) is 0 Å². The lowest BCUT2D eigenvalue weighted by Gasteiger charge is -2.70. The number of hydrogen-bond acceptors (Lipinski definition) is 8. The number of unbranched alkanes of at least 4 members (excludes halogenated alkanes) is 4. The zero-order valence-corrected chi connectivity index (χ0v) is 33.2. The van der Waals surface area contributed by atoms with Gasteiger partial charge in [-0.15, -0.1) is 0 Å². The Morgan fingerprint density at radius 3 is 2.12 bits per heavy atom. The van der Waals surface area contributed by atoms with E-state index in [0.29, 0.717) is 18.4 Å². The van der Waals surface area contributed by atoms with Gasteiger partial charge in [-0.3, -0.25) is 14.4 Å². The molecule has 4 aliphatic carbocycles. The van der Waals surface area contributed by atoms with Gasteiger partial charge in [-0.05, 0) is 119 Å². The second kappa shape index (κ2) is 14.3. The van der Waals surface area contributed by atoms with E-state index < -0.39 is 17.5 Å². The normalized spacial score (nSPS) is 42.2. The Balaban J connectivity index is 1.32. The Morgan fingerprint density at radius 2 is 1.48 bits per heavy atom. The third-order valence-electron chi connectivity index (χ3n) is 15.6. The van der Waals surface area contributed by atoms with Crippen LogP contribution in [0.15, 0.2) is 0 Å². The van der Waals surface area contributed by atoms with Gasteiger partial charge in [0.15, 0.2) is 0 Å². The molecule has 0 aromatic carbocycles. The van der Waals surface area contributed by atoms with Crippen LogP contribution in [0.5, 0.6) is 0 Å². The maximum atomic E-state index is 13.1. The fourth-order valence-corrected chi connectivity index (χ4v) is 12.8. The summed E-state index contributed by atoms with van der Waals surface area (Å²) in [7, 11) is 0. The Morgan fingerprint density at radius 1 is 0.800 bits per heavy atom. The number of ether oxygens (including phenoxy) is 4. The fraction of sp³-hybridized carbons (Fsp3) is 0.929. The second-order valence-corrected chi connectivity index (χ2v) is 19.3. The van der Waals surface area contributed by atoms with Crippen molar-refractivity contribution in [2.75, 3.05) is 6.61 Å². The summed E-state index contributed by atoms with van der Waals surface area (Å²) in [5.41, 5.74) is -1.59.